The lowest BCUT2D eigenvalue weighted by molar-refractivity contribution is -0.910. The van der Waals surface area contributed by atoms with Gasteiger partial charge in [0.05, 0.1) is 11.1 Å². The van der Waals surface area contributed by atoms with E-state index in [1.165, 1.54) is 0 Å². The number of esters is 1. The number of aliphatic hydroxyl groups excluding tert-OH is 1. The Morgan fingerprint density at radius 3 is 1.84 bits per heavy atom. The molecular formula is C46H30F15N6O3+3. The number of benzene rings is 3. The van der Waals surface area contributed by atoms with Crippen LogP contribution < -0.4 is 18.4 Å². The molecule has 2 aliphatic rings. The van der Waals surface area contributed by atoms with E-state index >= 15 is 4.39 Å². The van der Waals surface area contributed by atoms with E-state index in [9.17, 15) is 66.3 Å². The zero-order valence-corrected chi connectivity index (χ0v) is 35.6. The van der Waals surface area contributed by atoms with Crippen molar-refractivity contribution in [3.63, 3.8) is 0 Å². The Morgan fingerprint density at radius 2 is 1.23 bits per heavy atom. The summed E-state index contributed by atoms with van der Waals surface area (Å²) in [5, 5.41) is 7.00. The summed E-state index contributed by atoms with van der Waals surface area (Å²) in [4.78, 5) is 23.4. The molecule has 4 aromatic heterocycles. The highest BCUT2D eigenvalue weighted by atomic mass is 19.4. The molecular weight excluding hydrogens is 970 g/mol. The number of hydrogen-bond acceptors (Lipinski definition) is 6. The molecule has 0 spiro atoms. The van der Waals surface area contributed by atoms with E-state index < -0.39 is 100 Å². The molecule has 6 heterocycles. The topological polar surface area (TPSA) is 96.8 Å². The van der Waals surface area contributed by atoms with Gasteiger partial charge in [0.25, 0.3) is 11.4 Å². The third kappa shape index (κ3) is 9.98. The van der Waals surface area contributed by atoms with Crippen LogP contribution >= 0.6 is 0 Å². The zero-order valence-electron chi connectivity index (χ0n) is 35.6. The number of alkyl halides is 6. The van der Waals surface area contributed by atoms with Crippen LogP contribution in [0.4, 0.5) is 65.9 Å². The third-order valence-corrected chi connectivity index (χ3v) is 10.8. The summed E-state index contributed by atoms with van der Waals surface area (Å²) >= 11 is 0. The number of rotatable bonds is 7. The average Bonchev–Trinajstić information content (AvgIpc) is 3.82. The van der Waals surface area contributed by atoms with E-state index in [1.807, 2.05) is 13.0 Å². The number of carbonyl (C=O) groups is 1. The van der Waals surface area contributed by atoms with Crippen molar-refractivity contribution in [1.29, 1.82) is 0 Å². The molecule has 9 rings (SSSR count). The number of halogens is 15. The van der Waals surface area contributed by atoms with Crippen LogP contribution in [-0.4, -0.2) is 33.1 Å². The molecule has 24 heteroatoms. The van der Waals surface area contributed by atoms with Gasteiger partial charge < -0.3 is 9.84 Å². The number of pyridine rings is 2. The van der Waals surface area contributed by atoms with Gasteiger partial charge in [0.1, 0.15) is 53.6 Å². The molecule has 70 heavy (non-hydrogen) atoms. The Labute approximate surface area is 384 Å². The third-order valence-electron chi connectivity index (χ3n) is 10.8. The van der Waals surface area contributed by atoms with Crippen LogP contribution in [0.1, 0.15) is 46.0 Å². The number of ether oxygens (including phenoxy) is 1. The minimum atomic E-state index is -4.73. The fourth-order valence-corrected chi connectivity index (χ4v) is 7.64. The summed E-state index contributed by atoms with van der Waals surface area (Å²) in [5.41, 5.74) is 0.579. The maximum absolute atomic E-state index is 15.2. The predicted octanol–water partition coefficient (Wildman–Crippen LogP) is 9.13. The average molecular weight is 1000 g/mol. The van der Waals surface area contributed by atoms with Crippen molar-refractivity contribution >= 4 is 5.97 Å². The van der Waals surface area contributed by atoms with Crippen LogP contribution in [0.2, 0.25) is 0 Å². The normalized spacial score (nSPS) is 13.3. The highest BCUT2D eigenvalue weighted by Crippen LogP contribution is 2.35. The van der Waals surface area contributed by atoms with Gasteiger partial charge >= 0.3 is 30.3 Å². The van der Waals surface area contributed by atoms with Gasteiger partial charge in [-0.15, -0.1) is 9.13 Å². The molecule has 0 saturated heterocycles. The van der Waals surface area contributed by atoms with E-state index in [1.54, 1.807) is 39.7 Å². The second kappa shape index (κ2) is 19.5. The van der Waals surface area contributed by atoms with Crippen molar-refractivity contribution in [2.24, 2.45) is 0 Å². The molecule has 1 N–H and O–H groups in total. The molecule has 0 amide bonds. The molecule has 0 radical (unpaired) electrons. The molecule has 0 bridgehead atoms. The van der Waals surface area contributed by atoms with E-state index in [0.717, 1.165) is 35.6 Å². The maximum atomic E-state index is 15.2. The van der Waals surface area contributed by atoms with E-state index in [0.29, 0.717) is 47.7 Å². The van der Waals surface area contributed by atoms with Crippen molar-refractivity contribution in [3.05, 3.63) is 171 Å². The number of carbonyl (C=O) groups excluding carboxylic acids is 1. The Hall–Kier alpha value is -7.50. The lowest BCUT2D eigenvalue weighted by atomic mass is 10.0. The number of aryl methyl sites for hydroxylation is 2. The number of aliphatic hydroxyl groups is 1. The van der Waals surface area contributed by atoms with Crippen molar-refractivity contribution in [2.45, 2.75) is 51.2 Å². The molecule has 0 saturated carbocycles. The zero-order chi connectivity index (χ0) is 51.1. The first-order valence-electron chi connectivity index (χ1n) is 20.1. The van der Waals surface area contributed by atoms with Gasteiger partial charge in [0.15, 0.2) is 24.4 Å². The lowest BCUT2D eigenvalue weighted by Gasteiger charge is -2.12. The van der Waals surface area contributed by atoms with Crippen LogP contribution in [0.25, 0.3) is 34.2 Å². The number of nitrogens with zero attached hydrogens (tertiary/aromatic N) is 6. The van der Waals surface area contributed by atoms with Gasteiger partial charge in [-0.1, -0.05) is 0 Å². The first kappa shape index (κ1) is 50.4. The molecule has 9 nitrogen and oxygen atoms in total. The lowest BCUT2D eigenvalue weighted by Crippen LogP contribution is -2.53. The minimum Gasteiger partial charge on any atom is -0.420 e. The second-order valence-electron chi connectivity index (χ2n) is 15.3. The summed E-state index contributed by atoms with van der Waals surface area (Å²) in [6.07, 6.45) is -4.76. The summed E-state index contributed by atoms with van der Waals surface area (Å²) < 4.78 is 211. The summed E-state index contributed by atoms with van der Waals surface area (Å²) in [7, 11) is 1.00. The van der Waals surface area contributed by atoms with E-state index in [4.69, 9.17) is 5.11 Å². The van der Waals surface area contributed by atoms with Gasteiger partial charge in [-0.2, -0.15) is 35.1 Å². The van der Waals surface area contributed by atoms with Crippen molar-refractivity contribution in [2.75, 3.05) is 7.11 Å². The highest BCUT2D eigenvalue weighted by Gasteiger charge is 2.45. The van der Waals surface area contributed by atoms with Crippen LogP contribution in [0.15, 0.2) is 85.7 Å². The highest BCUT2D eigenvalue weighted by molar-refractivity contribution is 5.73. The molecule has 2 aliphatic heterocycles. The van der Waals surface area contributed by atoms with Crippen LogP contribution in [0.5, 0.6) is 5.75 Å². The monoisotopic (exact) mass is 999 g/mol. The SMILES string of the molecule is CO.Cc1cc[n+]2c(c1)-c1cc(CCC(=O)Oc3c(F)c(F)c(F)c(F)c3F)cc[n+]1[C@H]2Cc1cc(F)cc(F)c1-c1ncc(C(F)(F)F)cn1.Fc1cc(F)c2c(c1)C[n+]1cc(C(F)(F)F)cnc1-2. The quantitative estimate of drug-likeness (QED) is 0.0428. The summed E-state index contributed by atoms with van der Waals surface area (Å²) in [6, 6.07) is 10.2. The van der Waals surface area contributed by atoms with Gasteiger partial charge in [-0.05, 0) is 47.2 Å². The molecule has 1 atom stereocenters. The van der Waals surface area contributed by atoms with Crippen molar-refractivity contribution < 1.29 is 94.2 Å². The number of hydrogen-bond donors (Lipinski definition) is 1. The van der Waals surface area contributed by atoms with Gasteiger partial charge in [-0.3, -0.25) is 4.79 Å². The van der Waals surface area contributed by atoms with Gasteiger partial charge in [0.2, 0.25) is 34.8 Å². The van der Waals surface area contributed by atoms with E-state index in [2.05, 4.69) is 19.7 Å². The minimum absolute atomic E-state index is 0.0315. The van der Waals surface area contributed by atoms with Crippen LogP contribution in [0, 0.1) is 59.3 Å². The predicted molar refractivity (Wildman–Crippen MR) is 210 cm³/mol. The fraction of sp³-hybridized carbons (Fsp3) is 0.196. The summed E-state index contributed by atoms with van der Waals surface area (Å²) in [5.74, 6) is -18.4. The maximum Gasteiger partial charge on any atom is 0.423 e. The molecule has 364 valence electrons. The van der Waals surface area contributed by atoms with Crippen LogP contribution in [-0.2, 0) is 36.5 Å². The Bertz CT molecular complexity index is 3160. The molecule has 3 aromatic carbocycles. The van der Waals surface area contributed by atoms with Gasteiger partial charge in [0, 0.05) is 67.9 Å². The fourth-order valence-electron chi connectivity index (χ4n) is 7.64. The van der Waals surface area contributed by atoms with Crippen molar-refractivity contribution in [3.8, 4) is 39.9 Å². The molecule has 7 aromatic rings. The Morgan fingerprint density at radius 1 is 0.686 bits per heavy atom. The van der Waals surface area contributed by atoms with E-state index in [-0.39, 0.29) is 53.3 Å². The van der Waals surface area contributed by atoms with Crippen molar-refractivity contribution in [1.82, 2.24) is 15.0 Å². The molecule has 0 fully saturated rings. The molecule has 0 unspecified atom stereocenters. The first-order chi connectivity index (χ1) is 33.0. The van der Waals surface area contributed by atoms with Crippen LogP contribution in [0.3, 0.4) is 0 Å². The largest absolute Gasteiger partial charge is 0.423 e. The summed E-state index contributed by atoms with van der Waals surface area (Å²) in [6.45, 7) is 1.79. The number of aromatic nitrogens is 6. The Kier molecular flexibility index (Phi) is 14.0. The second-order valence-corrected chi connectivity index (χ2v) is 15.3. The van der Waals surface area contributed by atoms with Gasteiger partial charge in [-0.25, -0.2) is 45.3 Å². The first-order valence-corrected chi connectivity index (χ1v) is 20.1. The number of fused-ring (bicyclic) bond motifs is 6. The smallest absolute Gasteiger partial charge is 0.420 e. The Balaban J connectivity index is 0.000000285. The molecule has 0 aliphatic carbocycles. The standard InChI is InChI=1S/C33H20F10N4O2.C12H6F5N2.CH4O/c1-15-4-6-46-21(8-15)22-9-16(2-3-24(48)49-31-29(39)27(37)26(36)28(38)30(31)40)5-7-47(22)23(46)11-17-10-19(34)12-20(35)25(17)32-44-13-18(14-45-32)33(41,42)43;13-8-1-6-4-19-5-7(12(15,16)17)3-18-11(19)10(6)9(14)2-8;1-2/h4-10,12-14,23H,2-3,11H2,1H3;1-3,5H,4H2;2H,1H3/q+2;+1;/t23-;;/m0../s1.